The minimum Gasteiger partial charge on any atom is -0.477 e. The highest BCUT2D eigenvalue weighted by Gasteiger charge is 2.54. The summed E-state index contributed by atoms with van der Waals surface area (Å²) in [6, 6.07) is -0.756. The highest BCUT2D eigenvalue weighted by Crippen LogP contribution is 2.40. The van der Waals surface area contributed by atoms with E-state index in [9.17, 15) is 28.7 Å². The number of alkyl halides is 1. The van der Waals surface area contributed by atoms with Crippen molar-refractivity contribution in [2.24, 2.45) is 15.4 Å². The Balaban J connectivity index is 1.35. The van der Waals surface area contributed by atoms with Crippen molar-refractivity contribution in [1.29, 1.82) is 0 Å². The largest absolute Gasteiger partial charge is 0.477 e. The molecule has 232 valence electrons. The van der Waals surface area contributed by atoms with Gasteiger partial charge in [0.25, 0.3) is 18.7 Å². The predicted octanol–water partition coefficient (Wildman–Crippen LogP) is -0.596. The first kappa shape index (κ1) is 31.6. The zero-order chi connectivity index (χ0) is 31.1. The van der Waals surface area contributed by atoms with E-state index in [4.69, 9.17) is 5.73 Å². The number of nitrogens with one attached hydrogen (secondary N) is 3. The van der Waals surface area contributed by atoms with Gasteiger partial charge in [-0.05, 0) is 25.7 Å². The van der Waals surface area contributed by atoms with Crippen LogP contribution in [0, 0.1) is 0 Å². The number of carboxylic acid groups (broad SMARTS) is 1. The van der Waals surface area contributed by atoms with Crippen molar-refractivity contribution in [3.8, 4) is 0 Å². The van der Waals surface area contributed by atoms with Gasteiger partial charge in [-0.2, -0.15) is 19.6 Å². The van der Waals surface area contributed by atoms with E-state index >= 15 is 0 Å². The monoisotopic (exact) mass is 639 g/mol. The number of fused-ring (bicyclic) bond motifs is 1. The molecule has 0 aromatic carbocycles. The van der Waals surface area contributed by atoms with Gasteiger partial charge in [-0.1, -0.05) is 5.16 Å². The molecule has 1 saturated carbocycles. The first-order valence-electron chi connectivity index (χ1n) is 13.0. The Morgan fingerprint density at radius 2 is 1.98 bits per heavy atom. The van der Waals surface area contributed by atoms with Crippen LogP contribution in [0.5, 0.6) is 0 Å². The van der Waals surface area contributed by atoms with Crippen LogP contribution >= 0.6 is 23.3 Å². The Bertz CT molecular complexity index is 1360. The van der Waals surface area contributed by atoms with E-state index in [1.54, 1.807) is 7.05 Å². The predicted molar refractivity (Wildman–Crippen MR) is 155 cm³/mol. The number of thioether (sulfide) groups is 1. The van der Waals surface area contributed by atoms with Gasteiger partial charge in [0.15, 0.2) is 5.13 Å². The number of hydrogen-bond acceptors (Lipinski definition) is 14. The smallest absolute Gasteiger partial charge is 0.353 e. The van der Waals surface area contributed by atoms with Crippen LogP contribution in [-0.2, 0) is 24.0 Å². The molecule has 6 N–H and O–H groups in total. The molecule has 0 spiro atoms. The van der Waals surface area contributed by atoms with Crippen molar-refractivity contribution in [3.05, 3.63) is 17.1 Å². The maximum Gasteiger partial charge on any atom is 0.353 e. The summed E-state index contributed by atoms with van der Waals surface area (Å²) < 4.78 is 16.4. The molecule has 17 nitrogen and oxygen atoms in total. The van der Waals surface area contributed by atoms with Crippen molar-refractivity contribution in [1.82, 2.24) is 35.3 Å². The third kappa shape index (κ3) is 7.74. The Morgan fingerprint density at radius 1 is 1.26 bits per heavy atom. The van der Waals surface area contributed by atoms with Crippen LogP contribution in [-0.4, -0.2) is 109 Å². The number of carboxylic acids is 1. The lowest BCUT2D eigenvalue weighted by Crippen LogP contribution is -2.71. The van der Waals surface area contributed by atoms with Crippen LogP contribution < -0.4 is 21.8 Å². The fraction of sp³-hybridized carbons (Fsp3) is 0.522. The molecule has 0 radical (unpaired) electrons. The number of carbonyl (C=O) groups excluding carboxylic acids is 3. The fourth-order valence-corrected chi connectivity index (χ4v) is 6.35. The second-order valence-corrected chi connectivity index (χ2v) is 11.5. The first-order chi connectivity index (χ1) is 20.6. The van der Waals surface area contributed by atoms with Crippen LogP contribution in [0.1, 0.15) is 38.4 Å². The summed E-state index contributed by atoms with van der Waals surface area (Å²) in [5.41, 5.74) is 8.15. The fourth-order valence-electron chi connectivity index (χ4n) is 4.62. The molecule has 0 bridgehead atoms. The molecule has 3 aliphatic rings. The number of nitrogens with zero attached hydrogens (tertiary/aromatic N) is 7. The highest BCUT2D eigenvalue weighted by molar-refractivity contribution is 8.00. The summed E-state index contributed by atoms with van der Waals surface area (Å²) in [4.78, 5) is 58.4. The van der Waals surface area contributed by atoms with Crippen molar-refractivity contribution in [3.63, 3.8) is 0 Å². The van der Waals surface area contributed by atoms with Gasteiger partial charge < -0.3 is 31.7 Å². The van der Waals surface area contributed by atoms with E-state index in [1.807, 2.05) is 0 Å². The van der Waals surface area contributed by atoms with E-state index in [0.29, 0.717) is 0 Å². The molecule has 4 rings (SSSR count). The van der Waals surface area contributed by atoms with E-state index < -0.39 is 41.8 Å². The average molecular weight is 640 g/mol. The van der Waals surface area contributed by atoms with Gasteiger partial charge in [-0.3, -0.25) is 24.3 Å². The minimum atomic E-state index is -1.33. The molecule has 3 amide bonds. The number of hydrogen-bond donors (Lipinski definition) is 5. The number of aromatic nitrogens is 2. The molecule has 2 aliphatic heterocycles. The molecule has 43 heavy (non-hydrogen) atoms. The standard InChI is InChI=1S/C23H30FN11O6S2/c1-11(36)28-13-3-5-14(6-4-13)31-26-10-34(2)27-7-12-8-42-21-16(20(38)35(21)17(12)22(39)40)29-19(37)15(32-41-9-24)18-30-23(25)43-33-18/h7,10,13-14,16,21,31H,3-6,8-9H2,1-2H3,(H,28,36)(H,29,37)(H,39,40)(H2,25,30,33)/b26-10+,27-7?,32-15-/t13-,14-,16?,21-/m0/s1. The van der Waals surface area contributed by atoms with Gasteiger partial charge in [0, 0.05) is 48.9 Å². The number of nitrogen functional groups attached to an aromatic ring is 1. The third-order valence-corrected chi connectivity index (χ3v) is 8.42. The zero-order valence-electron chi connectivity index (χ0n) is 23.1. The van der Waals surface area contributed by atoms with Crippen LogP contribution in [0.2, 0.25) is 0 Å². The summed E-state index contributed by atoms with van der Waals surface area (Å²) in [6.07, 6.45) is 6.19. The van der Waals surface area contributed by atoms with Crippen LogP contribution in [0.25, 0.3) is 0 Å². The number of carbonyl (C=O) groups is 4. The summed E-state index contributed by atoms with van der Waals surface area (Å²) in [5, 5.41) is 27.8. The molecular weight excluding hydrogens is 609 g/mol. The van der Waals surface area contributed by atoms with Gasteiger partial charge in [0.1, 0.15) is 23.5 Å². The van der Waals surface area contributed by atoms with E-state index in [0.717, 1.165) is 42.1 Å². The number of nitrogens with two attached hydrogens (primary N) is 1. The number of halogens is 1. The second kappa shape index (κ2) is 14.2. The Kier molecular flexibility index (Phi) is 10.5. The van der Waals surface area contributed by atoms with Crippen LogP contribution in [0.15, 0.2) is 26.6 Å². The van der Waals surface area contributed by atoms with Crippen LogP contribution in [0.3, 0.4) is 0 Å². The number of hydrazone groups is 2. The topological polar surface area (TPSA) is 229 Å². The maximum absolute atomic E-state index is 13.0. The molecule has 20 heteroatoms. The molecule has 1 saturated heterocycles. The Morgan fingerprint density at radius 3 is 2.60 bits per heavy atom. The SMILES string of the molecule is CC(=O)N[C@H]1CC[C@H](N/N=C/N(C)N=CC2=C(C(=O)O)N3C(=O)C(NC(=O)/C(=N\OCF)c4nsc(N)n4)[C@@H]3SC2)CC1. The molecular formula is C23H30FN11O6S2. The van der Waals surface area contributed by atoms with E-state index in [1.165, 1.54) is 36.2 Å². The summed E-state index contributed by atoms with van der Waals surface area (Å²) in [5.74, 6) is -2.99. The lowest BCUT2D eigenvalue weighted by molar-refractivity contribution is -0.150. The van der Waals surface area contributed by atoms with Gasteiger partial charge >= 0.3 is 5.97 Å². The quantitative estimate of drug-likeness (QED) is 0.0836. The average Bonchev–Trinajstić information content (AvgIpc) is 3.40. The minimum absolute atomic E-state index is 0.0326. The number of anilines is 1. The third-order valence-electron chi connectivity index (χ3n) is 6.57. The van der Waals surface area contributed by atoms with Crippen molar-refractivity contribution < 1.29 is 33.5 Å². The lowest BCUT2D eigenvalue weighted by Gasteiger charge is -2.49. The number of β-lactam (4-membered cyclic amide) rings is 1. The number of amides is 3. The van der Waals surface area contributed by atoms with Crippen molar-refractivity contribution in [2.75, 3.05) is 25.4 Å². The van der Waals surface area contributed by atoms with Gasteiger partial charge in [-0.25, -0.2) is 9.18 Å². The number of rotatable bonds is 12. The van der Waals surface area contributed by atoms with Crippen molar-refractivity contribution in [2.45, 2.75) is 56.1 Å². The normalized spacial score (nSPS) is 24.0. The molecule has 2 fully saturated rings. The molecule has 3 heterocycles. The maximum atomic E-state index is 13.0. The van der Waals surface area contributed by atoms with Crippen LogP contribution in [0.4, 0.5) is 9.52 Å². The Hall–Kier alpha value is -4.33. The molecule has 1 aromatic rings. The Labute approximate surface area is 253 Å². The van der Waals surface area contributed by atoms with E-state index in [2.05, 4.69) is 45.6 Å². The molecule has 1 aliphatic carbocycles. The molecule has 1 aromatic heterocycles. The van der Waals surface area contributed by atoms with E-state index in [-0.39, 0.29) is 46.0 Å². The molecule has 1 unspecified atom stereocenters. The summed E-state index contributed by atoms with van der Waals surface area (Å²) in [6.45, 7) is 0.186. The van der Waals surface area contributed by atoms with Gasteiger partial charge in [-0.15, -0.1) is 11.8 Å². The zero-order valence-corrected chi connectivity index (χ0v) is 24.7. The summed E-state index contributed by atoms with van der Waals surface area (Å²) >= 11 is 2.00. The number of oxime groups is 1. The second-order valence-electron chi connectivity index (χ2n) is 9.62. The lowest BCUT2D eigenvalue weighted by atomic mass is 9.91. The van der Waals surface area contributed by atoms with Gasteiger partial charge in [0.2, 0.25) is 17.4 Å². The first-order valence-corrected chi connectivity index (χ1v) is 14.8. The highest BCUT2D eigenvalue weighted by atomic mass is 32.2. The van der Waals surface area contributed by atoms with Gasteiger partial charge in [0.05, 0.1) is 6.21 Å². The number of aliphatic carboxylic acids is 1. The molecule has 2 atom stereocenters. The van der Waals surface area contributed by atoms with Crippen molar-refractivity contribution >= 4 is 70.4 Å². The summed E-state index contributed by atoms with van der Waals surface area (Å²) in [7, 11) is 1.62.